The third-order valence-corrected chi connectivity index (χ3v) is 3.85. The molecule has 0 atom stereocenters. The van der Waals surface area contributed by atoms with Crippen LogP contribution in [0.3, 0.4) is 0 Å². The molecule has 2 aromatic rings. The number of nitrogens with one attached hydrogen (secondary N) is 1. The SMILES string of the molecule is N/C(=N/O)c1cc(F)cc(CNCc2ccc(Cl)s2)c1. The van der Waals surface area contributed by atoms with Gasteiger partial charge in [0.15, 0.2) is 5.84 Å². The summed E-state index contributed by atoms with van der Waals surface area (Å²) in [5, 5.41) is 14.7. The summed E-state index contributed by atoms with van der Waals surface area (Å²) in [7, 11) is 0. The lowest BCUT2D eigenvalue weighted by Gasteiger charge is -2.06. The molecule has 0 fully saturated rings. The van der Waals surface area contributed by atoms with Crippen molar-refractivity contribution in [1.29, 1.82) is 0 Å². The summed E-state index contributed by atoms with van der Waals surface area (Å²) in [6, 6.07) is 8.07. The fraction of sp³-hybridized carbons (Fsp3) is 0.154. The molecular weight excluding hydrogens is 301 g/mol. The van der Waals surface area contributed by atoms with Crippen molar-refractivity contribution in [2.75, 3.05) is 0 Å². The molecule has 0 unspecified atom stereocenters. The lowest BCUT2D eigenvalue weighted by atomic mass is 10.1. The van der Waals surface area contributed by atoms with Gasteiger partial charge in [0.05, 0.1) is 4.34 Å². The predicted molar refractivity (Wildman–Crippen MR) is 78.8 cm³/mol. The molecule has 2 rings (SSSR count). The molecule has 0 aliphatic rings. The number of benzene rings is 1. The van der Waals surface area contributed by atoms with Crippen molar-refractivity contribution in [2.24, 2.45) is 10.9 Å². The van der Waals surface area contributed by atoms with E-state index >= 15 is 0 Å². The normalized spacial score (nSPS) is 11.8. The number of oxime groups is 1. The summed E-state index contributed by atoms with van der Waals surface area (Å²) >= 11 is 7.33. The van der Waals surface area contributed by atoms with Gasteiger partial charge in [0.1, 0.15) is 5.82 Å². The summed E-state index contributed by atoms with van der Waals surface area (Å²) < 4.78 is 14.2. The van der Waals surface area contributed by atoms with E-state index in [1.54, 1.807) is 6.07 Å². The van der Waals surface area contributed by atoms with Crippen LogP contribution in [-0.4, -0.2) is 11.0 Å². The quantitative estimate of drug-likeness (QED) is 0.344. The van der Waals surface area contributed by atoms with Gasteiger partial charge in [-0.25, -0.2) is 4.39 Å². The van der Waals surface area contributed by atoms with E-state index in [4.69, 9.17) is 22.5 Å². The highest BCUT2D eigenvalue weighted by atomic mass is 35.5. The van der Waals surface area contributed by atoms with Gasteiger partial charge in [0, 0.05) is 23.5 Å². The first kappa shape index (κ1) is 14.8. The average Bonchev–Trinajstić information content (AvgIpc) is 2.83. The molecule has 0 saturated carbocycles. The molecule has 1 aromatic carbocycles. The van der Waals surface area contributed by atoms with Gasteiger partial charge >= 0.3 is 0 Å². The van der Waals surface area contributed by atoms with Crippen LogP contribution in [0.5, 0.6) is 0 Å². The van der Waals surface area contributed by atoms with Crippen LogP contribution in [0.25, 0.3) is 0 Å². The molecule has 4 nitrogen and oxygen atoms in total. The minimum absolute atomic E-state index is 0.115. The molecule has 1 aromatic heterocycles. The minimum Gasteiger partial charge on any atom is -0.409 e. The molecule has 0 bridgehead atoms. The third-order valence-electron chi connectivity index (χ3n) is 2.62. The van der Waals surface area contributed by atoms with Gasteiger partial charge in [-0.15, -0.1) is 11.3 Å². The fourth-order valence-electron chi connectivity index (χ4n) is 1.73. The van der Waals surface area contributed by atoms with Gasteiger partial charge in [0.25, 0.3) is 0 Å². The van der Waals surface area contributed by atoms with Crippen molar-refractivity contribution in [3.05, 3.63) is 56.5 Å². The summed E-state index contributed by atoms with van der Waals surface area (Å²) in [5.41, 5.74) is 6.52. The number of nitrogens with zero attached hydrogens (tertiary/aromatic N) is 1. The Kier molecular flexibility index (Phi) is 4.94. The number of nitrogens with two attached hydrogens (primary N) is 1. The standard InChI is InChI=1S/C13H13ClFN3OS/c14-12-2-1-11(20-12)7-17-6-8-3-9(13(16)18-19)5-10(15)4-8/h1-5,17,19H,6-7H2,(H2,16,18). The molecule has 0 aliphatic heterocycles. The number of halogens is 2. The van der Waals surface area contributed by atoms with Crippen LogP contribution in [0.1, 0.15) is 16.0 Å². The first-order valence-electron chi connectivity index (χ1n) is 5.81. The van der Waals surface area contributed by atoms with Gasteiger partial charge in [-0.2, -0.15) is 0 Å². The van der Waals surface area contributed by atoms with Crippen LogP contribution in [0.2, 0.25) is 4.34 Å². The lowest BCUT2D eigenvalue weighted by molar-refractivity contribution is 0.318. The van der Waals surface area contributed by atoms with E-state index in [0.29, 0.717) is 24.2 Å². The lowest BCUT2D eigenvalue weighted by Crippen LogP contribution is -2.16. The van der Waals surface area contributed by atoms with Gasteiger partial charge < -0.3 is 16.3 Å². The van der Waals surface area contributed by atoms with Crippen molar-refractivity contribution in [1.82, 2.24) is 5.32 Å². The highest BCUT2D eigenvalue weighted by Gasteiger charge is 2.05. The molecule has 0 aliphatic carbocycles. The molecule has 0 amide bonds. The molecular formula is C13H13ClFN3OS. The first-order valence-corrected chi connectivity index (χ1v) is 7.00. The maximum Gasteiger partial charge on any atom is 0.170 e. The Hall–Kier alpha value is -1.63. The van der Waals surface area contributed by atoms with Crippen LogP contribution in [-0.2, 0) is 13.1 Å². The number of hydrogen-bond donors (Lipinski definition) is 3. The maximum atomic E-state index is 13.4. The Balaban J connectivity index is 2.00. The molecule has 1 heterocycles. The molecule has 20 heavy (non-hydrogen) atoms. The Morgan fingerprint density at radius 3 is 2.80 bits per heavy atom. The number of thiophene rings is 1. The number of hydrogen-bond acceptors (Lipinski definition) is 4. The summed E-state index contributed by atoms with van der Waals surface area (Å²) in [6.45, 7) is 1.12. The molecule has 0 radical (unpaired) electrons. The second kappa shape index (κ2) is 6.69. The van der Waals surface area contributed by atoms with E-state index in [0.717, 1.165) is 9.21 Å². The minimum atomic E-state index is -0.426. The van der Waals surface area contributed by atoms with Gasteiger partial charge in [-0.05, 0) is 35.9 Å². The molecule has 0 saturated heterocycles. The van der Waals surface area contributed by atoms with Gasteiger partial charge in [-0.3, -0.25) is 0 Å². The zero-order valence-electron chi connectivity index (χ0n) is 10.4. The summed E-state index contributed by atoms with van der Waals surface area (Å²) in [4.78, 5) is 1.10. The van der Waals surface area contributed by atoms with Crippen LogP contribution in [0.15, 0.2) is 35.5 Å². The van der Waals surface area contributed by atoms with E-state index in [9.17, 15) is 4.39 Å². The molecule has 0 spiro atoms. The molecule has 106 valence electrons. The summed E-state index contributed by atoms with van der Waals surface area (Å²) in [5.74, 6) is -0.541. The van der Waals surface area contributed by atoms with Gasteiger partial charge in [0.2, 0.25) is 0 Å². The smallest absolute Gasteiger partial charge is 0.170 e. The zero-order valence-corrected chi connectivity index (χ0v) is 12.0. The second-order valence-electron chi connectivity index (χ2n) is 4.14. The Labute approximate surface area is 124 Å². The largest absolute Gasteiger partial charge is 0.409 e. The van der Waals surface area contributed by atoms with Crippen molar-refractivity contribution in [3.63, 3.8) is 0 Å². The van der Waals surface area contributed by atoms with Crippen molar-refractivity contribution >= 4 is 28.8 Å². The molecule has 4 N–H and O–H groups in total. The van der Waals surface area contributed by atoms with Crippen molar-refractivity contribution in [3.8, 4) is 0 Å². The van der Waals surface area contributed by atoms with Crippen molar-refractivity contribution in [2.45, 2.75) is 13.1 Å². The Bertz CT molecular complexity index is 630. The monoisotopic (exact) mass is 313 g/mol. The third kappa shape index (κ3) is 3.93. The average molecular weight is 314 g/mol. The van der Waals surface area contributed by atoms with E-state index in [1.165, 1.54) is 23.5 Å². The predicted octanol–water partition coefficient (Wildman–Crippen LogP) is 2.92. The number of amidine groups is 1. The van der Waals surface area contributed by atoms with Crippen LogP contribution >= 0.6 is 22.9 Å². The first-order chi connectivity index (χ1) is 9.58. The zero-order chi connectivity index (χ0) is 14.5. The number of rotatable bonds is 5. The highest BCUT2D eigenvalue weighted by molar-refractivity contribution is 7.16. The van der Waals surface area contributed by atoms with Crippen LogP contribution in [0, 0.1) is 5.82 Å². The summed E-state index contributed by atoms with van der Waals surface area (Å²) in [6.07, 6.45) is 0. The fourth-order valence-corrected chi connectivity index (χ4v) is 2.79. The van der Waals surface area contributed by atoms with Crippen LogP contribution < -0.4 is 11.1 Å². The second-order valence-corrected chi connectivity index (χ2v) is 5.94. The van der Waals surface area contributed by atoms with Gasteiger partial charge in [-0.1, -0.05) is 16.8 Å². The topological polar surface area (TPSA) is 70.6 Å². The van der Waals surface area contributed by atoms with E-state index < -0.39 is 5.82 Å². The highest BCUT2D eigenvalue weighted by Crippen LogP contribution is 2.21. The molecule has 7 heteroatoms. The maximum absolute atomic E-state index is 13.4. The van der Waals surface area contributed by atoms with E-state index in [2.05, 4.69) is 10.5 Å². The van der Waals surface area contributed by atoms with E-state index in [-0.39, 0.29) is 5.84 Å². The Morgan fingerprint density at radius 1 is 1.35 bits per heavy atom. The Morgan fingerprint density at radius 2 is 2.15 bits per heavy atom. The van der Waals surface area contributed by atoms with E-state index in [1.807, 2.05) is 12.1 Å². The van der Waals surface area contributed by atoms with Crippen molar-refractivity contribution < 1.29 is 9.60 Å². The van der Waals surface area contributed by atoms with Crippen LogP contribution in [0.4, 0.5) is 4.39 Å².